The molecule has 6 heteroatoms. The van der Waals surface area contributed by atoms with Gasteiger partial charge in [-0.3, -0.25) is 14.8 Å². The molecule has 0 radical (unpaired) electrons. The SMILES string of the molecule is O=C(c1cccnc1)N1CCC(c2nccn2Cc2ccccn2)CC1. The van der Waals surface area contributed by atoms with E-state index in [1.807, 2.05) is 47.8 Å². The molecule has 0 aliphatic carbocycles. The lowest BCUT2D eigenvalue weighted by molar-refractivity contribution is 0.0710. The molecule has 0 saturated carbocycles. The van der Waals surface area contributed by atoms with Crippen LogP contribution in [0.4, 0.5) is 0 Å². The van der Waals surface area contributed by atoms with Crippen LogP contribution in [0.2, 0.25) is 0 Å². The highest BCUT2D eigenvalue weighted by atomic mass is 16.2. The summed E-state index contributed by atoms with van der Waals surface area (Å²) in [5, 5.41) is 0. The van der Waals surface area contributed by atoms with Crippen molar-refractivity contribution in [3.05, 3.63) is 78.4 Å². The van der Waals surface area contributed by atoms with E-state index in [9.17, 15) is 4.79 Å². The third kappa shape index (κ3) is 3.49. The molecule has 1 amide bonds. The molecule has 4 heterocycles. The number of carbonyl (C=O) groups excluding carboxylic acids is 1. The van der Waals surface area contributed by atoms with Crippen LogP contribution in [-0.2, 0) is 6.54 Å². The number of pyridine rings is 2. The molecule has 6 nitrogen and oxygen atoms in total. The number of hydrogen-bond donors (Lipinski definition) is 0. The molecule has 1 aliphatic rings. The summed E-state index contributed by atoms with van der Waals surface area (Å²) < 4.78 is 2.17. The Morgan fingerprint density at radius 3 is 2.65 bits per heavy atom. The van der Waals surface area contributed by atoms with E-state index in [1.54, 1.807) is 18.5 Å². The van der Waals surface area contributed by atoms with Crippen LogP contribution in [0.5, 0.6) is 0 Å². The van der Waals surface area contributed by atoms with Crippen LogP contribution in [0, 0.1) is 0 Å². The highest BCUT2D eigenvalue weighted by Crippen LogP contribution is 2.28. The maximum absolute atomic E-state index is 12.6. The number of nitrogens with zero attached hydrogens (tertiary/aromatic N) is 5. The van der Waals surface area contributed by atoms with Crippen molar-refractivity contribution in [2.75, 3.05) is 13.1 Å². The fraction of sp³-hybridized carbons (Fsp3) is 0.300. The van der Waals surface area contributed by atoms with Crippen molar-refractivity contribution in [3.8, 4) is 0 Å². The Hall–Kier alpha value is -3.02. The van der Waals surface area contributed by atoms with Crippen molar-refractivity contribution in [1.82, 2.24) is 24.4 Å². The van der Waals surface area contributed by atoms with Gasteiger partial charge in [0, 0.05) is 50.0 Å². The van der Waals surface area contributed by atoms with E-state index in [2.05, 4.69) is 19.5 Å². The average molecular weight is 347 g/mol. The molecule has 0 spiro atoms. The number of aromatic nitrogens is 4. The molecule has 0 aromatic carbocycles. The Morgan fingerprint density at radius 2 is 1.92 bits per heavy atom. The molecular weight excluding hydrogens is 326 g/mol. The lowest BCUT2D eigenvalue weighted by atomic mass is 9.95. The van der Waals surface area contributed by atoms with Gasteiger partial charge in [-0.25, -0.2) is 4.98 Å². The molecule has 4 rings (SSSR count). The molecule has 1 fully saturated rings. The van der Waals surface area contributed by atoms with Crippen LogP contribution < -0.4 is 0 Å². The summed E-state index contributed by atoms with van der Waals surface area (Å²) in [5.41, 5.74) is 1.68. The van der Waals surface area contributed by atoms with Gasteiger partial charge in [-0.1, -0.05) is 6.07 Å². The first-order valence-electron chi connectivity index (χ1n) is 8.91. The van der Waals surface area contributed by atoms with E-state index in [4.69, 9.17) is 0 Å². The number of piperidine rings is 1. The van der Waals surface area contributed by atoms with Crippen molar-refractivity contribution < 1.29 is 4.79 Å². The number of imidazole rings is 1. The van der Waals surface area contributed by atoms with Crippen LogP contribution >= 0.6 is 0 Å². The normalized spacial score (nSPS) is 15.2. The summed E-state index contributed by atoms with van der Waals surface area (Å²) in [5.74, 6) is 1.52. The van der Waals surface area contributed by atoms with Crippen LogP contribution in [0.15, 0.2) is 61.3 Å². The van der Waals surface area contributed by atoms with Crippen molar-refractivity contribution in [3.63, 3.8) is 0 Å². The van der Waals surface area contributed by atoms with Crippen LogP contribution in [-0.4, -0.2) is 43.4 Å². The zero-order valence-corrected chi connectivity index (χ0v) is 14.5. The smallest absolute Gasteiger partial charge is 0.255 e. The molecular formula is C20H21N5O. The quantitative estimate of drug-likeness (QED) is 0.728. The molecule has 0 atom stereocenters. The first-order chi connectivity index (χ1) is 12.8. The minimum atomic E-state index is 0.0633. The molecule has 26 heavy (non-hydrogen) atoms. The van der Waals surface area contributed by atoms with Gasteiger partial charge in [-0.15, -0.1) is 0 Å². The maximum Gasteiger partial charge on any atom is 0.255 e. The van der Waals surface area contributed by atoms with Crippen molar-refractivity contribution in [1.29, 1.82) is 0 Å². The van der Waals surface area contributed by atoms with Gasteiger partial charge in [-0.2, -0.15) is 0 Å². The zero-order chi connectivity index (χ0) is 17.8. The average Bonchev–Trinajstić information content (AvgIpc) is 3.17. The second-order valence-corrected chi connectivity index (χ2v) is 6.54. The Balaban J connectivity index is 1.41. The zero-order valence-electron chi connectivity index (χ0n) is 14.5. The number of amides is 1. The molecule has 3 aromatic heterocycles. The Kier molecular flexibility index (Phi) is 4.73. The third-order valence-electron chi connectivity index (χ3n) is 4.86. The van der Waals surface area contributed by atoms with Gasteiger partial charge >= 0.3 is 0 Å². The van der Waals surface area contributed by atoms with Gasteiger partial charge in [-0.05, 0) is 37.1 Å². The number of likely N-dealkylation sites (tertiary alicyclic amines) is 1. The van der Waals surface area contributed by atoms with Gasteiger partial charge in [0.2, 0.25) is 0 Å². The minimum Gasteiger partial charge on any atom is -0.339 e. The molecule has 1 aliphatic heterocycles. The summed E-state index contributed by atoms with van der Waals surface area (Å²) in [6.07, 6.45) is 10.8. The minimum absolute atomic E-state index is 0.0633. The lowest BCUT2D eigenvalue weighted by Crippen LogP contribution is -2.38. The predicted molar refractivity (Wildman–Crippen MR) is 97.7 cm³/mol. The van der Waals surface area contributed by atoms with Gasteiger partial charge in [0.1, 0.15) is 5.82 Å². The van der Waals surface area contributed by atoms with E-state index in [-0.39, 0.29) is 5.91 Å². The van der Waals surface area contributed by atoms with E-state index in [0.717, 1.165) is 44.0 Å². The van der Waals surface area contributed by atoms with Crippen molar-refractivity contribution in [2.24, 2.45) is 0 Å². The summed E-state index contributed by atoms with van der Waals surface area (Å²) in [6, 6.07) is 9.57. The van der Waals surface area contributed by atoms with E-state index in [0.29, 0.717) is 11.5 Å². The summed E-state index contributed by atoms with van der Waals surface area (Å²) in [7, 11) is 0. The Morgan fingerprint density at radius 1 is 1.04 bits per heavy atom. The second-order valence-electron chi connectivity index (χ2n) is 6.54. The fourth-order valence-electron chi connectivity index (χ4n) is 3.49. The standard InChI is InChI=1S/C20H21N5O/c26-20(17-4-3-8-21-14-17)24-11-6-16(7-12-24)19-23-10-13-25(19)15-18-5-1-2-9-22-18/h1-5,8-10,13-14,16H,6-7,11-12,15H2. The number of rotatable bonds is 4. The molecule has 132 valence electrons. The molecule has 1 saturated heterocycles. The third-order valence-corrected chi connectivity index (χ3v) is 4.86. The van der Waals surface area contributed by atoms with Crippen molar-refractivity contribution in [2.45, 2.75) is 25.3 Å². The van der Waals surface area contributed by atoms with Gasteiger partial charge in [0.05, 0.1) is 17.8 Å². The largest absolute Gasteiger partial charge is 0.339 e. The molecule has 3 aromatic rings. The van der Waals surface area contributed by atoms with E-state index < -0.39 is 0 Å². The first-order valence-corrected chi connectivity index (χ1v) is 8.91. The summed E-state index contributed by atoms with van der Waals surface area (Å²) in [6.45, 7) is 2.22. The molecule has 0 N–H and O–H groups in total. The Bertz CT molecular complexity index is 854. The monoisotopic (exact) mass is 347 g/mol. The maximum atomic E-state index is 12.6. The van der Waals surface area contributed by atoms with E-state index >= 15 is 0 Å². The Labute approximate surface area is 152 Å². The number of carbonyl (C=O) groups is 1. The topological polar surface area (TPSA) is 63.9 Å². The molecule has 0 unspecified atom stereocenters. The van der Waals surface area contributed by atoms with Gasteiger partial charge in [0.15, 0.2) is 0 Å². The predicted octanol–water partition coefficient (Wildman–Crippen LogP) is 2.74. The lowest BCUT2D eigenvalue weighted by Gasteiger charge is -2.32. The van der Waals surface area contributed by atoms with Crippen LogP contribution in [0.1, 0.15) is 40.6 Å². The van der Waals surface area contributed by atoms with Gasteiger partial charge < -0.3 is 9.47 Å². The first kappa shape index (κ1) is 16.4. The molecule has 0 bridgehead atoms. The second kappa shape index (κ2) is 7.47. The summed E-state index contributed by atoms with van der Waals surface area (Å²) in [4.78, 5) is 27.5. The summed E-state index contributed by atoms with van der Waals surface area (Å²) >= 11 is 0. The van der Waals surface area contributed by atoms with Crippen LogP contribution in [0.25, 0.3) is 0 Å². The van der Waals surface area contributed by atoms with Crippen LogP contribution in [0.3, 0.4) is 0 Å². The highest BCUT2D eigenvalue weighted by molar-refractivity contribution is 5.93. The van der Waals surface area contributed by atoms with Gasteiger partial charge in [0.25, 0.3) is 5.91 Å². The fourth-order valence-corrected chi connectivity index (χ4v) is 3.49. The highest BCUT2D eigenvalue weighted by Gasteiger charge is 2.27. The van der Waals surface area contributed by atoms with E-state index in [1.165, 1.54) is 0 Å². The number of hydrogen-bond acceptors (Lipinski definition) is 4. The van der Waals surface area contributed by atoms with Crippen molar-refractivity contribution >= 4 is 5.91 Å².